The minimum absolute atomic E-state index is 0.0141. The third-order valence-corrected chi connectivity index (χ3v) is 3.74. The van der Waals surface area contributed by atoms with E-state index < -0.39 is 5.97 Å². The summed E-state index contributed by atoms with van der Waals surface area (Å²) in [4.78, 5) is 25.9. The first kappa shape index (κ1) is 17.3. The minimum atomic E-state index is -0.536. The largest absolute Gasteiger partial charge is 0.496 e. The van der Waals surface area contributed by atoms with E-state index in [-0.39, 0.29) is 24.7 Å². The molecule has 0 spiro atoms. The smallest absolute Gasteiger partial charge is 0.338 e. The Morgan fingerprint density at radius 2 is 1.91 bits per heavy atom. The van der Waals surface area contributed by atoms with E-state index in [9.17, 15) is 9.59 Å². The number of benzene rings is 1. The Morgan fingerprint density at radius 3 is 2.52 bits per heavy atom. The van der Waals surface area contributed by atoms with Crippen molar-refractivity contribution in [3.63, 3.8) is 0 Å². The number of methoxy groups -OCH3 is 1. The molecule has 1 aliphatic heterocycles. The van der Waals surface area contributed by atoms with E-state index in [1.807, 2.05) is 20.8 Å². The molecule has 0 aromatic heterocycles. The predicted molar refractivity (Wildman–Crippen MR) is 84.6 cm³/mol. The van der Waals surface area contributed by atoms with Crippen LogP contribution >= 0.6 is 0 Å². The lowest BCUT2D eigenvalue weighted by Crippen LogP contribution is -2.49. The standard InChI is InChI=1S/C17H23NO5/c1-11-5-6-14(7-15(11)21-4)17(20)22-10-16(19)18-8-12(2)23-13(3)9-18/h5-7,12-13H,8-10H2,1-4H3/t12-,13-/m0/s1. The zero-order chi connectivity index (χ0) is 17.0. The van der Waals surface area contributed by atoms with Gasteiger partial charge < -0.3 is 19.1 Å². The van der Waals surface area contributed by atoms with Gasteiger partial charge in [-0.25, -0.2) is 4.79 Å². The number of hydrogen-bond acceptors (Lipinski definition) is 5. The second kappa shape index (κ2) is 7.46. The molecule has 23 heavy (non-hydrogen) atoms. The summed E-state index contributed by atoms with van der Waals surface area (Å²) in [5.74, 6) is -0.132. The number of esters is 1. The summed E-state index contributed by atoms with van der Waals surface area (Å²) in [6.45, 7) is 6.48. The molecule has 1 saturated heterocycles. The molecule has 1 fully saturated rings. The van der Waals surface area contributed by atoms with Crippen molar-refractivity contribution in [2.24, 2.45) is 0 Å². The quantitative estimate of drug-likeness (QED) is 0.791. The Bertz CT molecular complexity index is 576. The lowest BCUT2D eigenvalue weighted by molar-refractivity contribution is -0.146. The Morgan fingerprint density at radius 1 is 1.26 bits per heavy atom. The van der Waals surface area contributed by atoms with Gasteiger partial charge in [-0.05, 0) is 38.5 Å². The van der Waals surface area contributed by atoms with Crippen molar-refractivity contribution < 1.29 is 23.8 Å². The minimum Gasteiger partial charge on any atom is -0.496 e. The van der Waals surface area contributed by atoms with Crippen LogP contribution in [0.2, 0.25) is 0 Å². The number of amides is 1. The average molecular weight is 321 g/mol. The third kappa shape index (κ3) is 4.45. The fourth-order valence-electron chi connectivity index (χ4n) is 2.63. The summed E-state index contributed by atoms with van der Waals surface area (Å²) < 4.78 is 15.9. The average Bonchev–Trinajstić information content (AvgIpc) is 2.51. The molecule has 0 N–H and O–H groups in total. The molecule has 2 atom stereocenters. The number of hydrogen-bond donors (Lipinski definition) is 0. The number of nitrogens with zero attached hydrogens (tertiary/aromatic N) is 1. The first-order valence-electron chi connectivity index (χ1n) is 7.65. The second-order valence-electron chi connectivity index (χ2n) is 5.82. The first-order chi connectivity index (χ1) is 10.9. The van der Waals surface area contributed by atoms with Crippen LogP contribution in [0.25, 0.3) is 0 Å². The van der Waals surface area contributed by atoms with Crippen LogP contribution in [-0.2, 0) is 14.3 Å². The molecule has 1 heterocycles. The molecule has 0 radical (unpaired) electrons. The van der Waals surface area contributed by atoms with Crippen LogP contribution in [-0.4, -0.2) is 55.8 Å². The Kier molecular flexibility index (Phi) is 5.60. The third-order valence-electron chi connectivity index (χ3n) is 3.74. The summed E-state index contributed by atoms with van der Waals surface area (Å²) in [5, 5.41) is 0. The zero-order valence-electron chi connectivity index (χ0n) is 14.0. The summed E-state index contributed by atoms with van der Waals surface area (Å²) in [5.41, 5.74) is 1.29. The zero-order valence-corrected chi connectivity index (χ0v) is 14.0. The lowest BCUT2D eigenvalue weighted by Gasteiger charge is -2.35. The molecule has 1 aromatic carbocycles. The van der Waals surface area contributed by atoms with Gasteiger partial charge in [-0.2, -0.15) is 0 Å². The monoisotopic (exact) mass is 321 g/mol. The molecule has 0 unspecified atom stereocenters. The number of aryl methyl sites for hydroxylation is 1. The van der Waals surface area contributed by atoms with Crippen LogP contribution in [0.3, 0.4) is 0 Å². The fraction of sp³-hybridized carbons (Fsp3) is 0.529. The van der Waals surface area contributed by atoms with Crippen molar-refractivity contribution in [3.05, 3.63) is 29.3 Å². The molecule has 0 aliphatic carbocycles. The van der Waals surface area contributed by atoms with Gasteiger partial charge in [0.15, 0.2) is 6.61 Å². The molecular formula is C17H23NO5. The van der Waals surface area contributed by atoms with E-state index in [0.717, 1.165) is 5.56 Å². The molecule has 6 nitrogen and oxygen atoms in total. The molecule has 0 bridgehead atoms. The van der Waals surface area contributed by atoms with Crippen molar-refractivity contribution >= 4 is 11.9 Å². The van der Waals surface area contributed by atoms with Gasteiger partial charge in [-0.3, -0.25) is 4.79 Å². The van der Waals surface area contributed by atoms with Gasteiger partial charge in [0.1, 0.15) is 5.75 Å². The van der Waals surface area contributed by atoms with Crippen LogP contribution in [0.5, 0.6) is 5.75 Å². The highest BCUT2D eigenvalue weighted by Gasteiger charge is 2.26. The highest BCUT2D eigenvalue weighted by atomic mass is 16.5. The molecule has 0 saturated carbocycles. The Hall–Kier alpha value is -2.08. The highest BCUT2D eigenvalue weighted by molar-refractivity contribution is 5.91. The summed E-state index contributed by atoms with van der Waals surface area (Å²) in [6.07, 6.45) is -0.0282. The van der Waals surface area contributed by atoms with E-state index in [2.05, 4.69) is 0 Å². The van der Waals surface area contributed by atoms with Gasteiger partial charge in [-0.1, -0.05) is 6.07 Å². The van der Waals surface area contributed by atoms with Gasteiger partial charge in [0.25, 0.3) is 5.91 Å². The van der Waals surface area contributed by atoms with E-state index in [4.69, 9.17) is 14.2 Å². The molecule has 126 valence electrons. The van der Waals surface area contributed by atoms with Crippen LogP contribution in [0.4, 0.5) is 0 Å². The van der Waals surface area contributed by atoms with Crippen molar-refractivity contribution in [1.29, 1.82) is 0 Å². The molecule has 6 heteroatoms. The maximum atomic E-state index is 12.2. The molecule has 1 amide bonds. The van der Waals surface area contributed by atoms with Gasteiger partial charge in [0.2, 0.25) is 0 Å². The number of rotatable bonds is 4. The van der Waals surface area contributed by atoms with Crippen LogP contribution < -0.4 is 4.74 Å². The molecule has 1 aromatic rings. The number of morpholine rings is 1. The van der Waals surface area contributed by atoms with Crippen molar-refractivity contribution in [2.75, 3.05) is 26.8 Å². The van der Waals surface area contributed by atoms with Crippen LogP contribution in [0.1, 0.15) is 29.8 Å². The molecular weight excluding hydrogens is 298 g/mol. The van der Waals surface area contributed by atoms with Crippen molar-refractivity contribution in [1.82, 2.24) is 4.90 Å². The van der Waals surface area contributed by atoms with Gasteiger partial charge in [-0.15, -0.1) is 0 Å². The Labute approximate surface area is 136 Å². The normalized spacial score (nSPS) is 21.0. The maximum absolute atomic E-state index is 12.2. The van der Waals surface area contributed by atoms with Crippen LogP contribution in [0.15, 0.2) is 18.2 Å². The first-order valence-corrected chi connectivity index (χ1v) is 7.65. The fourth-order valence-corrected chi connectivity index (χ4v) is 2.63. The second-order valence-corrected chi connectivity index (χ2v) is 5.82. The van der Waals surface area contributed by atoms with E-state index in [0.29, 0.717) is 24.4 Å². The molecule has 2 rings (SSSR count). The van der Waals surface area contributed by atoms with E-state index >= 15 is 0 Å². The molecule has 1 aliphatic rings. The number of ether oxygens (including phenoxy) is 3. The van der Waals surface area contributed by atoms with E-state index in [1.54, 1.807) is 30.2 Å². The SMILES string of the molecule is COc1cc(C(=O)OCC(=O)N2C[C@H](C)O[C@@H](C)C2)ccc1C. The maximum Gasteiger partial charge on any atom is 0.338 e. The van der Waals surface area contributed by atoms with Crippen LogP contribution in [0, 0.1) is 6.92 Å². The van der Waals surface area contributed by atoms with Gasteiger partial charge >= 0.3 is 5.97 Å². The number of carbonyl (C=O) groups is 2. The topological polar surface area (TPSA) is 65.1 Å². The predicted octanol–water partition coefficient (Wildman–Crippen LogP) is 1.80. The lowest BCUT2D eigenvalue weighted by atomic mass is 10.1. The Balaban J connectivity index is 1.92. The van der Waals surface area contributed by atoms with Crippen molar-refractivity contribution in [2.45, 2.75) is 33.0 Å². The van der Waals surface area contributed by atoms with Crippen molar-refractivity contribution in [3.8, 4) is 5.75 Å². The van der Waals surface area contributed by atoms with Gasteiger partial charge in [0, 0.05) is 13.1 Å². The number of carbonyl (C=O) groups excluding carboxylic acids is 2. The summed E-state index contributed by atoms with van der Waals surface area (Å²) >= 11 is 0. The highest BCUT2D eigenvalue weighted by Crippen LogP contribution is 2.19. The van der Waals surface area contributed by atoms with Gasteiger partial charge in [0.05, 0.1) is 24.9 Å². The van der Waals surface area contributed by atoms with E-state index in [1.165, 1.54) is 0 Å². The summed E-state index contributed by atoms with van der Waals surface area (Å²) in [7, 11) is 1.54. The summed E-state index contributed by atoms with van der Waals surface area (Å²) in [6, 6.07) is 5.05.